The normalized spacial score (nSPS) is 12.6. The number of hydrogen-bond donors (Lipinski definition) is 3. The molecule has 1 atom stereocenters. The molecule has 0 aliphatic carbocycles. The van der Waals surface area contributed by atoms with Crippen LogP contribution in [0.1, 0.15) is 30.5 Å². The molecule has 10 nitrogen and oxygen atoms in total. The number of aromatic hydroxyl groups is 1. The van der Waals surface area contributed by atoms with E-state index in [2.05, 4.69) is 10.6 Å². The first-order chi connectivity index (χ1) is 17.3. The summed E-state index contributed by atoms with van der Waals surface area (Å²) in [5.41, 5.74) is 1.96. The quantitative estimate of drug-likeness (QED) is 0.429. The number of hydrogen-bond acceptors (Lipinski definition) is 7. The lowest BCUT2D eigenvalue weighted by Gasteiger charge is -2.20. The minimum Gasteiger partial charge on any atom is -0.505 e. The molecule has 1 aliphatic rings. The van der Waals surface area contributed by atoms with E-state index in [1.165, 1.54) is 17.8 Å². The summed E-state index contributed by atoms with van der Waals surface area (Å²) in [4.78, 5) is 37.7. The van der Waals surface area contributed by atoms with Crippen LogP contribution < -0.4 is 25.7 Å². The fourth-order valence-corrected chi connectivity index (χ4v) is 3.96. The molecular weight excluding hydrogens is 466 g/mol. The minimum absolute atomic E-state index is 0.135. The molecule has 188 valence electrons. The number of benzene rings is 2. The third-order valence-electron chi connectivity index (χ3n) is 5.75. The zero-order chi connectivity index (χ0) is 25.8. The summed E-state index contributed by atoms with van der Waals surface area (Å²) < 4.78 is 17.2. The van der Waals surface area contributed by atoms with Crippen molar-refractivity contribution in [3.63, 3.8) is 0 Å². The summed E-state index contributed by atoms with van der Waals surface area (Å²) in [7, 11) is 1.52. The molecule has 2 aromatic carbocycles. The van der Waals surface area contributed by atoms with E-state index in [-0.39, 0.29) is 31.3 Å². The highest BCUT2D eigenvalue weighted by molar-refractivity contribution is 5.91. The van der Waals surface area contributed by atoms with Crippen molar-refractivity contribution < 1.29 is 28.9 Å². The zero-order valence-corrected chi connectivity index (χ0v) is 20.2. The van der Waals surface area contributed by atoms with Gasteiger partial charge in [0.2, 0.25) is 6.79 Å². The summed E-state index contributed by atoms with van der Waals surface area (Å²) in [5, 5.41) is 15.5. The van der Waals surface area contributed by atoms with Crippen LogP contribution in [0, 0.1) is 6.92 Å². The van der Waals surface area contributed by atoms with Gasteiger partial charge in [0, 0.05) is 18.8 Å². The Morgan fingerprint density at radius 3 is 2.67 bits per heavy atom. The molecule has 0 fully saturated rings. The number of pyridine rings is 1. The van der Waals surface area contributed by atoms with Crippen LogP contribution in [0.4, 0.5) is 10.5 Å². The lowest BCUT2D eigenvalue weighted by Crippen LogP contribution is -2.36. The van der Waals surface area contributed by atoms with Gasteiger partial charge < -0.3 is 34.5 Å². The van der Waals surface area contributed by atoms with Crippen LogP contribution in [0.2, 0.25) is 0 Å². The molecule has 4 rings (SSSR count). The predicted octanol–water partition coefficient (Wildman–Crippen LogP) is 3.61. The van der Waals surface area contributed by atoms with E-state index in [4.69, 9.17) is 14.2 Å². The second-order valence-corrected chi connectivity index (χ2v) is 8.31. The molecule has 1 aromatic heterocycles. The number of aryl methyl sites for hydroxylation is 2. The monoisotopic (exact) mass is 493 g/mol. The Labute approximate surface area is 207 Å². The largest absolute Gasteiger partial charge is 0.505 e. The summed E-state index contributed by atoms with van der Waals surface area (Å²) in [6, 6.07) is 11.4. The van der Waals surface area contributed by atoms with Crippen LogP contribution in [0.15, 0.2) is 53.5 Å². The van der Waals surface area contributed by atoms with Gasteiger partial charge in [-0.05, 0) is 48.7 Å². The molecule has 0 radical (unpaired) electrons. The second kappa shape index (κ2) is 10.4. The lowest BCUT2D eigenvalue weighted by molar-refractivity contribution is -0.143. The van der Waals surface area contributed by atoms with Crippen molar-refractivity contribution in [3.8, 4) is 28.4 Å². The van der Waals surface area contributed by atoms with Crippen molar-refractivity contribution in [2.75, 3.05) is 18.7 Å². The Balaban J connectivity index is 1.61. The van der Waals surface area contributed by atoms with Gasteiger partial charge in [-0.15, -0.1) is 0 Å². The molecule has 1 unspecified atom stereocenters. The van der Waals surface area contributed by atoms with Gasteiger partial charge in [-0.2, -0.15) is 0 Å². The third kappa shape index (κ3) is 5.27. The highest BCUT2D eigenvalue weighted by atomic mass is 16.7. The fraction of sp³-hybridized carbons (Fsp3) is 0.269. The van der Waals surface area contributed by atoms with Gasteiger partial charge in [-0.3, -0.25) is 9.59 Å². The Kier molecular flexibility index (Phi) is 7.14. The van der Waals surface area contributed by atoms with Crippen LogP contribution in [0.3, 0.4) is 0 Å². The van der Waals surface area contributed by atoms with Crippen molar-refractivity contribution in [1.29, 1.82) is 0 Å². The molecule has 1 aliphatic heterocycles. The van der Waals surface area contributed by atoms with Crippen LogP contribution >= 0.6 is 0 Å². The number of nitrogens with zero attached hydrogens (tertiary/aromatic N) is 1. The molecule has 2 heterocycles. The number of esters is 1. The fourth-order valence-electron chi connectivity index (χ4n) is 3.96. The Hall–Kier alpha value is -4.47. The van der Waals surface area contributed by atoms with Crippen molar-refractivity contribution >= 4 is 17.7 Å². The molecule has 3 aromatic rings. The number of rotatable bonds is 7. The van der Waals surface area contributed by atoms with Crippen LogP contribution in [0.25, 0.3) is 11.1 Å². The molecular formula is C26H27N3O7. The zero-order valence-electron chi connectivity index (χ0n) is 20.2. The number of anilines is 1. The topological polar surface area (TPSA) is 128 Å². The first kappa shape index (κ1) is 24.6. The van der Waals surface area contributed by atoms with Gasteiger partial charge in [0.15, 0.2) is 17.2 Å². The maximum atomic E-state index is 12.9. The standard InChI is InChI=1S/C26H27N3O7/c1-4-34-22(30)12-19(27-26(33)28-23-24(31)15(2)13-29(3)25(23)32)18-7-5-6-16(10-18)17-8-9-20-21(11-17)36-14-35-20/h5-11,13,19,31H,4,12,14H2,1-3H3,(H2,27,28,33). The smallest absolute Gasteiger partial charge is 0.319 e. The van der Waals surface area contributed by atoms with Gasteiger partial charge in [0.1, 0.15) is 5.75 Å². The van der Waals surface area contributed by atoms with E-state index < -0.39 is 23.6 Å². The van der Waals surface area contributed by atoms with E-state index in [0.29, 0.717) is 22.6 Å². The van der Waals surface area contributed by atoms with E-state index in [9.17, 15) is 19.5 Å². The van der Waals surface area contributed by atoms with Crippen molar-refractivity contribution in [2.45, 2.75) is 26.3 Å². The average molecular weight is 494 g/mol. The first-order valence-corrected chi connectivity index (χ1v) is 11.4. The molecule has 0 saturated carbocycles. The Morgan fingerprint density at radius 1 is 1.14 bits per heavy atom. The highest BCUT2D eigenvalue weighted by Crippen LogP contribution is 2.36. The predicted molar refractivity (Wildman–Crippen MR) is 132 cm³/mol. The van der Waals surface area contributed by atoms with Crippen molar-refractivity contribution in [1.82, 2.24) is 9.88 Å². The third-order valence-corrected chi connectivity index (χ3v) is 5.75. The van der Waals surface area contributed by atoms with Crippen LogP contribution in [0.5, 0.6) is 17.2 Å². The van der Waals surface area contributed by atoms with Crippen molar-refractivity contribution in [2.24, 2.45) is 7.05 Å². The molecule has 3 N–H and O–H groups in total. The van der Waals surface area contributed by atoms with E-state index in [1.807, 2.05) is 36.4 Å². The van der Waals surface area contributed by atoms with E-state index >= 15 is 0 Å². The van der Waals surface area contributed by atoms with Gasteiger partial charge in [-0.25, -0.2) is 4.79 Å². The summed E-state index contributed by atoms with van der Waals surface area (Å²) in [6.07, 6.45) is 1.33. The second-order valence-electron chi connectivity index (χ2n) is 8.31. The molecule has 36 heavy (non-hydrogen) atoms. The molecule has 0 spiro atoms. The van der Waals surface area contributed by atoms with E-state index in [1.54, 1.807) is 19.9 Å². The number of carbonyl (C=O) groups is 2. The Bertz CT molecular complexity index is 1370. The molecule has 0 saturated heterocycles. The number of ether oxygens (including phenoxy) is 3. The van der Waals surface area contributed by atoms with Gasteiger partial charge in [0.05, 0.1) is 19.1 Å². The Morgan fingerprint density at radius 2 is 1.89 bits per heavy atom. The van der Waals surface area contributed by atoms with Crippen LogP contribution in [-0.4, -0.2) is 35.1 Å². The summed E-state index contributed by atoms with van der Waals surface area (Å²) >= 11 is 0. The van der Waals surface area contributed by atoms with Crippen LogP contribution in [-0.2, 0) is 16.6 Å². The van der Waals surface area contributed by atoms with Gasteiger partial charge in [-0.1, -0.05) is 24.3 Å². The molecule has 0 bridgehead atoms. The number of carbonyl (C=O) groups excluding carboxylic acids is 2. The molecule has 10 heteroatoms. The number of amides is 2. The molecule has 2 amide bonds. The van der Waals surface area contributed by atoms with Crippen molar-refractivity contribution in [3.05, 3.63) is 70.1 Å². The van der Waals surface area contributed by atoms with E-state index in [0.717, 1.165) is 11.1 Å². The minimum atomic E-state index is -0.770. The summed E-state index contributed by atoms with van der Waals surface area (Å²) in [5.74, 6) is 0.489. The highest BCUT2D eigenvalue weighted by Gasteiger charge is 2.22. The maximum Gasteiger partial charge on any atom is 0.319 e. The average Bonchev–Trinajstić information content (AvgIpc) is 3.33. The number of aromatic nitrogens is 1. The van der Waals surface area contributed by atoms with Gasteiger partial charge in [0.25, 0.3) is 5.56 Å². The SMILES string of the molecule is CCOC(=O)CC(NC(=O)Nc1c(O)c(C)cn(C)c1=O)c1cccc(-c2ccc3c(c2)OCO3)c1. The maximum absolute atomic E-state index is 12.9. The number of nitrogens with one attached hydrogen (secondary N) is 2. The first-order valence-electron chi connectivity index (χ1n) is 11.4. The number of urea groups is 1. The number of fused-ring (bicyclic) bond motifs is 1. The van der Waals surface area contributed by atoms with Gasteiger partial charge >= 0.3 is 12.0 Å². The lowest BCUT2D eigenvalue weighted by atomic mass is 9.97. The summed E-state index contributed by atoms with van der Waals surface area (Å²) in [6.45, 7) is 3.67.